The summed E-state index contributed by atoms with van der Waals surface area (Å²) in [5.74, 6) is 0.689. The molecule has 0 bridgehead atoms. The van der Waals surface area contributed by atoms with E-state index >= 15 is 0 Å². The Balaban J connectivity index is 2.34. The van der Waals surface area contributed by atoms with Crippen LogP contribution in [-0.2, 0) is 7.05 Å². The van der Waals surface area contributed by atoms with Crippen LogP contribution in [0, 0.1) is 6.92 Å². The fourth-order valence-electron chi connectivity index (χ4n) is 1.42. The van der Waals surface area contributed by atoms with Crippen LogP contribution in [0.1, 0.15) is 5.69 Å². The van der Waals surface area contributed by atoms with Crippen LogP contribution in [0.25, 0.3) is 0 Å². The van der Waals surface area contributed by atoms with Gasteiger partial charge in [0.2, 0.25) is 5.88 Å². The standard InChI is InChI=1S/C12H14N2OS/c1-9-11(12(15-3)13-14(9)2)16-10-7-5-4-6-8-10/h4-8H,1-3H3. The fourth-order valence-corrected chi connectivity index (χ4v) is 2.44. The van der Waals surface area contributed by atoms with Gasteiger partial charge in [-0.3, -0.25) is 4.68 Å². The van der Waals surface area contributed by atoms with E-state index in [0.717, 1.165) is 10.6 Å². The molecule has 4 heteroatoms. The maximum atomic E-state index is 5.27. The number of aryl methyl sites for hydroxylation is 1. The molecule has 0 aliphatic heterocycles. The van der Waals surface area contributed by atoms with Crippen LogP contribution in [0.3, 0.4) is 0 Å². The molecule has 0 fully saturated rings. The molecule has 1 heterocycles. The third-order valence-electron chi connectivity index (χ3n) is 2.41. The molecule has 1 aromatic carbocycles. The van der Waals surface area contributed by atoms with Crippen LogP contribution >= 0.6 is 11.8 Å². The van der Waals surface area contributed by atoms with Crippen molar-refractivity contribution < 1.29 is 4.74 Å². The average Bonchev–Trinajstić information content (AvgIpc) is 2.58. The van der Waals surface area contributed by atoms with Gasteiger partial charge in [0, 0.05) is 11.9 Å². The van der Waals surface area contributed by atoms with Crippen molar-refractivity contribution in [2.75, 3.05) is 7.11 Å². The van der Waals surface area contributed by atoms with Gasteiger partial charge < -0.3 is 4.74 Å². The van der Waals surface area contributed by atoms with E-state index < -0.39 is 0 Å². The van der Waals surface area contributed by atoms with Gasteiger partial charge in [0.05, 0.1) is 17.7 Å². The van der Waals surface area contributed by atoms with E-state index in [0.29, 0.717) is 5.88 Å². The lowest BCUT2D eigenvalue weighted by Crippen LogP contribution is -1.92. The second-order valence-corrected chi connectivity index (χ2v) is 4.55. The Morgan fingerprint density at radius 3 is 2.56 bits per heavy atom. The molecule has 0 spiro atoms. The fraction of sp³-hybridized carbons (Fsp3) is 0.250. The third-order valence-corrected chi connectivity index (χ3v) is 3.59. The van der Waals surface area contributed by atoms with Crippen LogP contribution in [0.2, 0.25) is 0 Å². The predicted octanol–water partition coefficient (Wildman–Crippen LogP) is 2.89. The van der Waals surface area contributed by atoms with Gasteiger partial charge in [-0.25, -0.2) is 0 Å². The first-order valence-corrected chi connectivity index (χ1v) is 5.84. The summed E-state index contributed by atoms with van der Waals surface area (Å²) in [7, 11) is 3.57. The quantitative estimate of drug-likeness (QED) is 0.817. The molecule has 0 aliphatic rings. The summed E-state index contributed by atoms with van der Waals surface area (Å²) < 4.78 is 7.10. The monoisotopic (exact) mass is 234 g/mol. The maximum absolute atomic E-state index is 5.27. The van der Waals surface area contributed by atoms with Crippen molar-refractivity contribution in [2.24, 2.45) is 7.05 Å². The van der Waals surface area contributed by atoms with Crippen molar-refractivity contribution in [2.45, 2.75) is 16.7 Å². The van der Waals surface area contributed by atoms with Gasteiger partial charge >= 0.3 is 0 Å². The molecule has 0 saturated heterocycles. The molecule has 1 aromatic heterocycles. The van der Waals surface area contributed by atoms with Gasteiger partial charge in [0.25, 0.3) is 0 Å². The largest absolute Gasteiger partial charge is 0.479 e. The van der Waals surface area contributed by atoms with Gasteiger partial charge in [-0.1, -0.05) is 30.0 Å². The van der Waals surface area contributed by atoms with E-state index in [4.69, 9.17) is 4.74 Å². The minimum Gasteiger partial charge on any atom is -0.479 e. The molecule has 0 saturated carbocycles. The number of rotatable bonds is 3. The van der Waals surface area contributed by atoms with Gasteiger partial charge in [0.15, 0.2) is 0 Å². The highest BCUT2D eigenvalue weighted by molar-refractivity contribution is 7.99. The van der Waals surface area contributed by atoms with Crippen molar-refractivity contribution in [3.63, 3.8) is 0 Å². The van der Waals surface area contributed by atoms with E-state index in [1.807, 2.05) is 36.9 Å². The zero-order valence-electron chi connectivity index (χ0n) is 9.60. The van der Waals surface area contributed by atoms with Crippen molar-refractivity contribution >= 4 is 11.8 Å². The summed E-state index contributed by atoms with van der Waals surface area (Å²) in [6.07, 6.45) is 0. The molecule has 16 heavy (non-hydrogen) atoms. The summed E-state index contributed by atoms with van der Waals surface area (Å²) >= 11 is 1.68. The second-order valence-electron chi connectivity index (χ2n) is 3.46. The summed E-state index contributed by atoms with van der Waals surface area (Å²) in [5, 5.41) is 4.30. The van der Waals surface area contributed by atoms with Crippen LogP contribution in [0.4, 0.5) is 0 Å². The Bertz CT molecular complexity index is 479. The number of methoxy groups -OCH3 is 1. The molecule has 0 atom stereocenters. The van der Waals surface area contributed by atoms with Crippen molar-refractivity contribution in [3.05, 3.63) is 36.0 Å². The molecular weight excluding hydrogens is 220 g/mol. The number of hydrogen-bond acceptors (Lipinski definition) is 3. The molecule has 3 nitrogen and oxygen atoms in total. The minimum atomic E-state index is 0.689. The lowest BCUT2D eigenvalue weighted by atomic mass is 10.4. The Morgan fingerprint density at radius 1 is 1.25 bits per heavy atom. The smallest absolute Gasteiger partial charge is 0.247 e. The third kappa shape index (κ3) is 2.07. The minimum absolute atomic E-state index is 0.689. The number of hydrogen-bond donors (Lipinski definition) is 0. The molecular formula is C12H14N2OS. The number of nitrogens with zero attached hydrogens (tertiary/aromatic N) is 2. The van der Waals surface area contributed by atoms with Gasteiger partial charge in [-0.05, 0) is 19.1 Å². The Morgan fingerprint density at radius 2 is 1.94 bits per heavy atom. The van der Waals surface area contributed by atoms with Crippen molar-refractivity contribution in [1.29, 1.82) is 0 Å². The van der Waals surface area contributed by atoms with Gasteiger partial charge in [-0.15, -0.1) is 5.10 Å². The summed E-state index contributed by atoms with van der Waals surface area (Å²) in [6.45, 7) is 2.04. The lowest BCUT2D eigenvalue weighted by Gasteiger charge is -2.02. The highest BCUT2D eigenvalue weighted by Crippen LogP contribution is 2.36. The molecule has 2 rings (SSSR count). The highest BCUT2D eigenvalue weighted by Gasteiger charge is 2.14. The normalized spacial score (nSPS) is 10.4. The van der Waals surface area contributed by atoms with E-state index in [2.05, 4.69) is 17.2 Å². The van der Waals surface area contributed by atoms with Crippen molar-refractivity contribution in [3.8, 4) is 5.88 Å². The van der Waals surface area contributed by atoms with Crippen LogP contribution in [0.5, 0.6) is 5.88 Å². The summed E-state index contributed by atoms with van der Waals surface area (Å²) in [4.78, 5) is 2.27. The zero-order chi connectivity index (χ0) is 11.5. The summed E-state index contributed by atoms with van der Waals surface area (Å²) in [5.41, 5.74) is 1.12. The average molecular weight is 234 g/mol. The zero-order valence-corrected chi connectivity index (χ0v) is 10.4. The first-order chi connectivity index (χ1) is 7.72. The van der Waals surface area contributed by atoms with Crippen LogP contribution in [0.15, 0.2) is 40.1 Å². The predicted molar refractivity (Wildman–Crippen MR) is 65.1 cm³/mol. The van der Waals surface area contributed by atoms with Crippen LogP contribution in [-0.4, -0.2) is 16.9 Å². The number of aromatic nitrogens is 2. The first kappa shape index (κ1) is 11.1. The van der Waals surface area contributed by atoms with Gasteiger partial charge in [-0.2, -0.15) is 0 Å². The molecule has 2 aromatic rings. The van der Waals surface area contributed by atoms with E-state index in [1.54, 1.807) is 18.9 Å². The van der Waals surface area contributed by atoms with E-state index in [9.17, 15) is 0 Å². The molecule has 0 aliphatic carbocycles. The molecule has 0 radical (unpaired) electrons. The number of ether oxygens (including phenoxy) is 1. The van der Waals surface area contributed by atoms with Crippen LogP contribution < -0.4 is 4.74 Å². The first-order valence-electron chi connectivity index (χ1n) is 5.03. The number of benzene rings is 1. The SMILES string of the molecule is COc1nn(C)c(C)c1Sc1ccccc1. The molecule has 0 amide bonds. The second kappa shape index (κ2) is 4.61. The Labute approximate surface area is 99.4 Å². The molecule has 0 N–H and O–H groups in total. The topological polar surface area (TPSA) is 27.1 Å². The Kier molecular flexibility index (Phi) is 3.19. The summed E-state index contributed by atoms with van der Waals surface area (Å²) in [6, 6.07) is 10.2. The Hall–Kier alpha value is -1.42. The lowest BCUT2D eigenvalue weighted by molar-refractivity contribution is 0.384. The van der Waals surface area contributed by atoms with Crippen molar-refractivity contribution in [1.82, 2.24) is 9.78 Å². The van der Waals surface area contributed by atoms with E-state index in [-0.39, 0.29) is 0 Å². The highest BCUT2D eigenvalue weighted by atomic mass is 32.2. The molecule has 84 valence electrons. The molecule has 0 unspecified atom stereocenters. The maximum Gasteiger partial charge on any atom is 0.247 e. The van der Waals surface area contributed by atoms with E-state index in [1.165, 1.54) is 4.90 Å². The van der Waals surface area contributed by atoms with Gasteiger partial charge in [0.1, 0.15) is 0 Å².